The van der Waals surface area contributed by atoms with Crippen LogP contribution in [0.25, 0.3) is 22.2 Å². The van der Waals surface area contributed by atoms with E-state index in [4.69, 9.17) is 14.5 Å². The highest BCUT2D eigenvalue weighted by Crippen LogP contribution is 2.35. The number of anilines is 1. The summed E-state index contributed by atoms with van der Waals surface area (Å²) in [5.74, 6) is 1.47. The van der Waals surface area contributed by atoms with Crippen LogP contribution in [0.1, 0.15) is 5.56 Å². The molecule has 0 bridgehead atoms. The number of aryl methyl sites for hydroxylation is 1. The molecule has 1 aliphatic heterocycles. The molecule has 0 spiro atoms. The smallest absolute Gasteiger partial charge is 0.229 e. The van der Waals surface area contributed by atoms with E-state index in [2.05, 4.69) is 4.72 Å². The fraction of sp³-hybridized carbons (Fsp3) is 0.211. The molecule has 1 aromatic heterocycles. The molecule has 2 heterocycles. The van der Waals surface area contributed by atoms with E-state index in [-0.39, 0.29) is 0 Å². The predicted octanol–water partition coefficient (Wildman–Crippen LogP) is 3.35. The molecule has 0 saturated heterocycles. The van der Waals surface area contributed by atoms with E-state index in [1.54, 1.807) is 12.1 Å². The lowest BCUT2D eigenvalue weighted by atomic mass is 10.0. The van der Waals surface area contributed by atoms with E-state index < -0.39 is 10.0 Å². The molecule has 0 saturated carbocycles. The van der Waals surface area contributed by atoms with Crippen LogP contribution in [-0.4, -0.2) is 32.9 Å². The Labute approximate surface area is 151 Å². The summed E-state index contributed by atoms with van der Waals surface area (Å²) in [4.78, 5) is 4.72. The van der Waals surface area contributed by atoms with Gasteiger partial charge in [0.1, 0.15) is 13.2 Å². The lowest BCUT2D eigenvalue weighted by Crippen LogP contribution is -2.15. The third-order valence-electron chi connectivity index (χ3n) is 4.16. The molecule has 6 nitrogen and oxygen atoms in total. The Morgan fingerprint density at radius 2 is 1.77 bits per heavy atom. The summed E-state index contributed by atoms with van der Waals surface area (Å²) in [6, 6.07) is 13.1. The minimum absolute atomic E-state index is 0.525. The minimum atomic E-state index is -3.31. The average Bonchev–Trinajstić information content (AvgIpc) is 2.60. The number of ether oxygens (including phenoxy) is 2. The predicted molar refractivity (Wildman–Crippen MR) is 101 cm³/mol. The van der Waals surface area contributed by atoms with Gasteiger partial charge in [0.15, 0.2) is 11.5 Å². The maximum Gasteiger partial charge on any atom is 0.229 e. The molecule has 2 aromatic carbocycles. The fourth-order valence-corrected chi connectivity index (χ4v) is 3.58. The van der Waals surface area contributed by atoms with Gasteiger partial charge in [-0.1, -0.05) is 0 Å². The van der Waals surface area contributed by atoms with E-state index in [0.29, 0.717) is 18.9 Å². The Hall–Kier alpha value is -2.80. The molecule has 0 aliphatic carbocycles. The molecule has 0 radical (unpaired) electrons. The second-order valence-corrected chi connectivity index (χ2v) is 8.04. The lowest BCUT2D eigenvalue weighted by molar-refractivity contribution is 0.171. The van der Waals surface area contributed by atoms with Gasteiger partial charge in [-0.25, -0.2) is 13.4 Å². The Morgan fingerprint density at radius 3 is 2.54 bits per heavy atom. The summed E-state index contributed by atoms with van der Waals surface area (Å²) in [7, 11) is -3.31. The molecule has 0 atom stereocenters. The molecular formula is C19H18N2O4S. The summed E-state index contributed by atoms with van der Waals surface area (Å²) in [5, 5.41) is 0.903. The SMILES string of the molecule is Cc1cc(-c2ccc3c(c2)OCCO3)nc2ccc(NS(C)(=O)=O)cc12. The van der Waals surface area contributed by atoms with Crippen molar-refractivity contribution in [1.82, 2.24) is 4.98 Å². The molecule has 1 N–H and O–H groups in total. The van der Waals surface area contributed by atoms with Crippen molar-refractivity contribution < 1.29 is 17.9 Å². The van der Waals surface area contributed by atoms with Crippen LogP contribution in [0.4, 0.5) is 5.69 Å². The number of benzene rings is 2. The second kappa shape index (κ2) is 6.17. The van der Waals surface area contributed by atoms with Gasteiger partial charge in [0.05, 0.1) is 17.5 Å². The monoisotopic (exact) mass is 370 g/mol. The van der Waals surface area contributed by atoms with Crippen LogP contribution in [-0.2, 0) is 10.0 Å². The van der Waals surface area contributed by atoms with Crippen LogP contribution < -0.4 is 14.2 Å². The maximum atomic E-state index is 11.4. The maximum absolute atomic E-state index is 11.4. The zero-order valence-corrected chi connectivity index (χ0v) is 15.3. The molecular weight excluding hydrogens is 352 g/mol. The molecule has 4 rings (SSSR count). The largest absolute Gasteiger partial charge is 0.486 e. The molecule has 26 heavy (non-hydrogen) atoms. The number of nitrogens with one attached hydrogen (secondary N) is 1. The van der Waals surface area contributed by atoms with Crippen molar-refractivity contribution in [3.63, 3.8) is 0 Å². The van der Waals surface area contributed by atoms with Crippen molar-refractivity contribution in [2.75, 3.05) is 24.2 Å². The van der Waals surface area contributed by atoms with Gasteiger partial charge in [-0.05, 0) is 55.0 Å². The van der Waals surface area contributed by atoms with Crippen molar-refractivity contribution in [3.05, 3.63) is 48.0 Å². The number of rotatable bonds is 3. The number of pyridine rings is 1. The third-order valence-corrected chi connectivity index (χ3v) is 4.76. The topological polar surface area (TPSA) is 77.5 Å². The van der Waals surface area contributed by atoms with Crippen molar-refractivity contribution in [2.45, 2.75) is 6.92 Å². The number of nitrogens with zero attached hydrogens (tertiary/aromatic N) is 1. The molecule has 0 amide bonds. The number of aromatic nitrogens is 1. The summed E-state index contributed by atoms with van der Waals surface area (Å²) < 4.78 is 36.6. The minimum Gasteiger partial charge on any atom is -0.486 e. The van der Waals surface area contributed by atoms with Crippen molar-refractivity contribution in [1.29, 1.82) is 0 Å². The van der Waals surface area contributed by atoms with Crippen molar-refractivity contribution >= 4 is 26.6 Å². The standard InChI is InChI=1S/C19H18N2O4S/c1-12-9-17(13-3-6-18-19(10-13)25-8-7-24-18)20-16-5-4-14(11-15(12)16)21-26(2,22)23/h3-6,9-11,21H,7-8H2,1-2H3. The Kier molecular flexibility index (Phi) is 3.96. The highest BCUT2D eigenvalue weighted by molar-refractivity contribution is 7.92. The normalized spacial score (nSPS) is 13.6. The van der Waals surface area contributed by atoms with Crippen LogP contribution in [0.3, 0.4) is 0 Å². The van der Waals surface area contributed by atoms with Crippen molar-refractivity contribution in [3.8, 4) is 22.8 Å². The van der Waals surface area contributed by atoms with Crippen LogP contribution in [0, 0.1) is 6.92 Å². The first kappa shape index (κ1) is 16.7. The summed E-state index contributed by atoms with van der Waals surface area (Å²) in [5.41, 5.74) is 4.11. The molecule has 0 fully saturated rings. The van der Waals surface area contributed by atoms with Crippen LogP contribution in [0.5, 0.6) is 11.5 Å². The number of hydrogen-bond acceptors (Lipinski definition) is 5. The lowest BCUT2D eigenvalue weighted by Gasteiger charge is -2.19. The van der Waals surface area contributed by atoms with Crippen LogP contribution in [0.2, 0.25) is 0 Å². The molecule has 134 valence electrons. The third kappa shape index (κ3) is 3.30. The zero-order chi connectivity index (χ0) is 18.3. The van der Waals surface area contributed by atoms with Gasteiger partial charge >= 0.3 is 0 Å². The van der Waals surface area contributed by atoms with E-state index >= 15 is 0 Å². The Balaban J connectivity index is 1.77. The molecule has 3 aromatic rings. The molecule has 1 aliphatic rings. The van der Waals surface area contributed by atoms with Crippen LogP contribution >= 0.6 is 0 Å². The first-order chi connectivity index (χ1) is 12.4. The summed E-state index contributed by atoms with van der Waals surface area (Å²) in [6.07, 6.45) is 1.13. The first-order valence-corrected chi connectivity index (χ1v) is 10.1. The quantitative estimate of drug-likeness (QED) is 0.765. The van der Waals surface area contributed by atoms with E-state index in [1.807, 2.05) is 37.3 Å². The van der Waals surface area contributed by atoms with E-state index in [1.165, 1.54) is 0 Å². The van der Waals surface area contributed by atoms with Gasteiger partial charge in [0.2, 0.25) is 10.0 Å². The van der Waals surface area contributed by atoms with E-state index in [9.17, 15) is 8.42 Å². The zero-order valence-electron chi connectivity index (χ0n) is 14.4. The summed E-state index contributed by atoms with van der Waals surface area (Å²) >= 11 is 0. The first-order valence-electron chi connectivity index (χ1n) is 8.18. The Morgan fingerprint density at radius 1 is 1.00 bits per heavy atom. The van der Waals surface area contributed by atoms with Gasteiger partial charge in [-0.2, -0.15) is 0 Å². The fourth-order valence-electron chi connectivity index (χ4n) is 3.02. The van der Waals surface area contributed by atoms with Gasteiger partial charge in [-0.15, -0.1) is 0 Å². The highest BCUT2D eigenvalue weighted by Gasteiger charge is 2.14. The Bertz CT molecular complexity index is 1110. The average molecular weight is 370 g/mol. The highest BCUT2D eigenvalue weighted by atomic mass is 32.2. The van der Waals surface area contributed by atoms with Gasteiger partial charge in [-0.3, -0.25) is 4.72 Å². The van der Waals surface area contributed by atoms with E-state index in [0.717, 1.165) is 45.5 Å². The molecule has 0 unspecified atom stereocenters. The van der Waals surface area contributed by atoms with Gasteiger partial charge < -0.3 is 9.47 Å². The number of hydrogen-bond donors (Lipinski definition) is 1. The van der Waals surface area contributed by atoms with Crippen molar-refractivity contribution in [2.24, 2.45) is 0 Å². The summed E-state index contributed by atoms with van der Waals surface area (Å²) in [6.45, 7) is 3.08. The van der Waals surface area contributed by atoms with Gasteiger partial charge in [0.25, 0.3) is 0 Å². The van der Waals surface area contributed by atoms with Gasteiger partial charge in [0, 0.05) is 16.6 Å². The molecule has 7 heteroatoms. The van der Waals surface area contributed by atoms with Crippen LogP contribution in [0.15, 0.2) is 42.5 Å². The number of sulfonamides is 1. The second-order valence-electron chi connectivity index (χ2n) is 6.29. The number of fused-ring (bicyclic) bond motifs is 2.